The van der Waals surface area contributed by atoms with Crippen molar-refractivity contribution in [1.82, 2.24) is 15.2 Å². The fourth-order valence-electron chi connectivity index (χ4n) is 1.51. The van der Waals surface area contributed by atoms with Gasteiger partial charge in [-0.25, -0.2) is 9.78 Å². The molecule has 0 aromatic carbocycles. The lowest BCUT2D eigenvalue weighted by atomic mass is 10.1. The second kappa shape index (κ2) is 6.69. The summed E-state index contributed by atoms with van der Waals surface area (Å²) in [5, 5.41) is 4.46. The zero-order valence-corrected chi connectivity index (χ0v) is 13.3. The van der Waals surface area contributed by atoms with Crippen molar-refractivity contribution in [3.05, 3.63) is 16.6 Å². The molecule has 0 radical (unpaired) electrons. The Hall–Kier alpha value is -1.63. The molecule has 1 unspecified atom stereocenters. The maximum absolute atomic E-state index is 12.1. The maximum atomic E-state index is 12.1. The van der Waals surface area contributed by atoms with E-state index in [0.29, 0.717) is 6.42 Å². The van der Waals surface area contributed by atoms with E-state index in [0.717, 1.165) is 5.69 Å². The van der Waals surface area contributed by atoms with E-state index in [-0.39, 0.29) is 5.91 Å². The Balaban J connectivity index is 2.73. The van der Waals surface area contributed by atoms with E-state index in [9.17, 15) is 9.59 Å². The third-order valence-electron chi connectivity index (χ3n) is 2.33. The molecule has 20 heavy (non-hydrogen) atoms. The number of rotatable bonds is 4. The van der Waals surface area contributed by atoms with Crippen LogP contribution in [0.2, 0.25) is 0 Å². The number of alkyl carbamates (subject to hydrolysis) is 1. The van der Waals surface area contributed by atoms with Gasteiger partial charge in [-0.3, -0.25) is 4.79 Å². The van der Waals surface area contributed by atoms with Gasteiger partial charge in [-0.05, 0) is 20.8 Å². The summed E-state index contributed by atoms with van der Waals surface area (Å²) in [6.45, 7) is 5.32. The Morgan fingerprint density at radius 3 is 2.55 bits per heavy atom. The molecule has 0 aliphatic rings. The van der Waals surface area contributed by atoms with Crippen LogP contribution in [-0.4, -0.2) is 47.6 Å². The number of nitrogens with one attached hydrogen (secondary N) is 1. The van der Waals surface area contributed by atoms with Gasteiger partial charge in [0.1, 0.15) is 11.6 Å². The van der Waals surface area contributed by atoms with E-state index in [2.05, 4.69) is 10.3 Å². The molecule has 0 bridgehead atoms. The molecule has 2 amide bonds. The quantitative estimate of drug-likeness (QED) is 0.918. The highest BCUT2D eigenvalue weighted by molar-refractivity contribution is 7.07. The molecule has 0 aliphatic carbocycles. The van der Waals surface area contributed by atoms with E-state index in [1.54, 1.807) is 40.4 Å². The molecule has 0 saturated carbocycles. The van der Waals surface area contributed by atoms with Crippen LogP contribution in [0.5, 0.6) is 0 Å². The van der Waals surface area contributed by atoms with Gasteiger partial charge in [0.15, 0.2) is 0 Å². The predicted molar refractivity (Wildman–Crippen MR) is 77.7 cm³/mol. The zero-order chi connectivity index (χ0) is 15.3. The number of hydrogen-bond acceptors (Lipinski definition) is 5. The van der Waals surface area contributed by atoms with Crippen LogP contribution >= 0.6 is 11.3 Å². The summed E-state index contributed by atoms with van der Waals surface area (Å²) >= 11 is 1.45. The molecular formula is C13H21N3O3S. The van der Waals surface area contributed by atoms with Crippen LogP contribution in [0.15, 0.2) is 10.9 Å². The highest BCUT2D eigenvalue weighted by Crippen LogP contribution is 2.09. The van der Waals surface area contributed by atoms with E-state index in [1.165, 1.54) is 16.2 Å². The number of nitrogens with zero attached hydrogens (tertiary/aromatic N) is 2. The molecule has 7 heteroatoms. The first-order valence-electron chi connectivity index (χ1n) is 6.27. The normalized spacial score (nSPS) is 12.7. The molecule has 1 aromatic heterocycles. The Kier molecular flexibility index (Phi) is 5.50. The van der Waals surface area contributed by atoms with E-state index in [1.807, 2.05) is 5.38 Å². The molecule has 0 fully saturated rings. The number of amides is 2. The van der Waals surface area contributed by atoms with Crippen molar-refractivity contribution < 1.29 is 14.3 Å². The van der Waals surface area contributed by atoms with Crippen LogP contribution in [0.4, 0.5) is 4.79 Å². The van der Waals surface area contributed by atoms with Crippen LogP contribution in [0.1, 0.15) is 26.5 Å². The minimum absolute atomic E-state index is 0.191. The summed E-state index contributed by atoms with van der Waals surface area (Å²) in [6, 6.07) is -0.679. The first kappa shape index (κ1) is 16.4. The average Bonchev–Trinajstić information content (AvgIpc) is 2.77. The standard InChI is InChI=1S/C13H21N3O3S/c1-13(2,3)19-12(18)15-10(11(17)16(4)5)6-9-7-20-8-14-9/h7-8,10H,6H2,1-5H3,(H,15,18). The first-order valence-corrected chi connectivity index (χ1v) is 7.21. The van der Waals surface area contributed by atoms with Crippen LogP contribution < -0.4 is 5.32 Å². The molecule has 0 spiro atoms. The highest BCUT2D eigenvalue weighted by Gasteiger charge is 2.26. The van der Waals surface area contributed by atoms with Gasteiger partial charge in [0.2, 0.25) is 5.91 Å². The molecule has 1 heterocycles. The van der Waals surface area contributed by atoms with Gasteiger partial charge < -0.3 is 15.0 Å². The summed E-state index contributed by atoms with van der Waals surface area (Å²) < 4.78 is 5.18. The Bertz CT molecular complexity index is 452. The topological polar surface area (TPSA) is 71.5 Å². The SMILES string of the molecule is CN(C)C(=O)C(Cc1cscn1)NC(=O)OC(C)(C)C. The third kappa shape index (κ3) is 5.56. The lowest BCUT2D eigenvalue weighted by molar-refractivity contribution is -0.130. The highest BCUT2D eigenvalue weighted by atomic mass is 32.1. The number of aromatic nitrogens is 1. The van der Waals surface area contributed by atoms with Crippen molar-refractivity contribution in [3.8, 4) is 0 Å². The van der Waals surface area contributed by atoms with Gasteiger partial charge in [0.05, 0.1) is 11.2 Å². The number of likely N-dealkylation sites (N-methyl/N-ethyl adjacent to an activating group) is 1. The van der Waals surface area contributed by atoms with Gasteiger partial charge in [-0.1, -0.05) is 0 Å². The molecule has 112 valence electrons. The van der Waals surface area contributed by atoms with E-state index >= 15 is 0 Å². The van der Waals surface area contributed by atoms with Crippen LogP contribution in [0.25, 0.3) is 0 Å². The molecule has 0 saturated heterocycles. The Morgan fingerprint density at radius 1 is 1.45 bits per heavy atom. The van der Waals surface area contributed by atoms with Gasteiger partial charge in [0, 0.05) is 25.9 Å². The molecule has 6 nitrogen and oxygen atoms in total. The number of thiazole rings is 1. The molecule has 1 aromatic rings. The number of ether oxygens (including phenoxy) is 1. The van der Waals surface area contributed by atoms with Crippen molar-refractivity contribution in [2.75, 3.05) is 14.1 Å². The van der Waals surface area contributed by atoms with E-state index < -0.39 is 17.7 Å². The minimum Gasteiger partial charge on any atom is -0.444 e. The minimum atomic E-state index is -0.679. The lowest BCUT2D eigenvalue weighted by Crippen LogP contribution is -2.48. The van der Waals surface area contributed by atoms with Crippen molar-refractivity contribution in [3.63, 3.8) is 0 Å². The summed E-state index contributed by atoms with van der Waals surface area (Å²) in [5.41, 5.74) is 1.86. The summed E-state index contributed by atoms with van der Waals surface area (Å²) in [6.07, 6.45) is -0.257. The summed E-state index contributed by atoms with van der Waals surface area (Å²) in [7, 11) is 3.29. The smallest absolute Gasteiger partial charge is 0.408 e. The number of hydrogen-bond donors (Lipinski definition) is 1. The lowest BCUT2D eigenvalue weighted by Gasteiger charge is -2.24. The summed E-state index contributed by atoms with van der Waals surface area (Å²) in [5.74, 6) is -0.191. The fourth-order valence-corrected chi connectivity index (χ4v) is 2.08. The largest absolute Gasteiger partial charge is 0.444 e. The van der Waals surface area contributed by atoms with Gasteiger partial charge in [-0.15, -0.1) is 11.3 Å². The van der Waals surface area contributed by atoms with Crippen LogP contribution in [0.3, 0.4) is 0 Å². The van der Waals surface area contributed by atoms with Crippen LogP contribution in [-0.2, 0) is 16.0 Å². The van der Waals surface area contributed by atoms with Crippen molar-refractivity contribution in [1.29, 1.82) is 0 Å². The van der Waals surface area contributed by atoms with Crippen molar-refractivity contribution in [2.45, 2.75) is 38.8 Å². The van der Waals surface area contributed by atoms with Gasteiger partial charge in [0.25, 0.3) is 0 Å². The van der Waals surface area contributed by atoms with Gasteiger partial charge in [-0.2, -0.15) is 0 Å². The second-order valence-electron chi connectivity index (χ2n) is 5.62. The fraction of sp³-hybridized carbons (Fsp3) is 0.615. The number of carbonyl (C=O) groups excluding carboxylic acids is 2. The predicted octanol–water partition coefficient (Wildman–Crippen LogP) is 1.67. The first-order chi connectivity index (χ1) is 9.19. The monoisotopic (exact) mass is 299 g/mol. The van der Waals surface area contributed by atoms with Crippen molar-refractivity contribution in [2.24, 2.45) is 0 Å². The van der Waals surface area contributed by atoms with E-state index in [4.69, 9.17) is 4.74 Å². The molecule has 1 N–H and O–H groups in total. The Morgan fingerprint density at radius 2 is 2.10 bits per heavy atom. The molecule has 1 atom stereocenters. The van der Waals surface area contributed by atoms with Gasteiger partial charge >= 0.3 is 6.09 Å². The molecule has 0 aliphatic heterocycles. The number of carbonyl (C=O) groups is 2. The Labute approximate surface area is 123 Å². The van der Waals surface area contributed by atoms with Crippen LogP contribution in [0, 0.1) is 0 Å². The average molecular weight is 299 g/mol. The molecule has 1 rings (SSSR count). The zero-order valence-electron chi connectivity index (χ0n) is 12.5. The molecular weight excluding hydrogens is 278 g/mol. The van der Waals surface area contributed by atoms with Crippen molar-refractivity contribution >= 4 is 23.3 Å². The maximum Gasteiger partial charge on any atom is 0.408 e. The second-order valence-corrected chi connectivity index (χ2v) is 6.33. The summed E-state index contributed by atoms with van der Waals surface area (Å²) in [4.78, 5) is 29.5. The third-order valence-corrected chi connectivity index (χ3v) is 2.96.